The smallest absolute Gasteiger partial charge is 0.416 e. The number of amides is 1. The number of esters is 1. The van der Waals surface area contributed by atoms with Crippen molar-refractivity contribution < 1.29 is 37.3 Å². The first-order chi connectivity index (χ1) is 15.5. The number of nitro groups is 2. The molecule has 3 rings (SSSR count). The monoisotopic (exact) mass is 468 g/mol. The summed E-state index contributed by atoms with van der Waals surface area (Å²) in [6, 6.07) is 5.21. The Kier molecular flexibility index (Phi) is 6.46. The van der Waals surface area contributed by atoms with Gasteiger partial charge in [0.15, 0.2) is 6.61 Å². The van der Waals surface area contributed by atoms with Crippen molar-refractivity contribution >= 4 is 34.6 Å². The van der Waals surface area contributed by atoms with E-state index >= 15 is 0 Å². The fourth-order valence-corrected chi connectivity index (χ4v) is 2.74. The molecule has 33 heavy (non-hydrogen) atoms. The highest BCUT2D eigenvalue weighted by molar-refractivity contribution is 5.97. The third kappa shape index (κ3) is 5.93. The van der Waals surface area contributed by atoms with Crippen LogP contribution < -0.4 is 10.6 Å². The SMILES string of the molecule is O=C(COC(=O)c1ccc(NC2CC2)c([N+](=O)[O-])c1)Nc1ccc(C(F)(F)F)cc1[N+](=O)[O-]. The molecule has 2 aromatic carbocycles. The van der Waals surface area contributed by atoms with Gasteiger partial charge in [-0.25, -0.2) is 4.79 Å². The Balaban J connectivity index is 1.66. The average molecular weight is 468 g/mol. The van der Waals surface area contributed by atoms with Gasteiger partial charge in [0.2, 0.25) is 0 Å². The Bertz CT molecular complexity index is 1130. The Hall–Kier alpha value is -4.23. The van der Waals surface area contributed by atoms with E-state index in [1.54, 1.807) is 0 Å². The van der Waals surface area contributed by atoms with Gasteiger partial charge in [-0.15, -0.1) is 0 Å². The second kappa shape index (κ2) is 9.10. The lowest BCUT2D eigenvalue weighted by Crippen LogP contribution is -2.21. The summed E-state index contributed by atoms with van der Waals surface area (Å²) >= 11 is 0. The van der Waals surface area contributed by atoms with Crippen LogP contribution in [0.5, 0.6) is 0 Å². The Labute approximate surface area is 182 Å². The molecule has 2 N–H and O–H groups in total. The maximum Gasteiger partial charge on any atom is 0.416 e. The molecule has 1 saturated carbocycles. The summed E-state index contributed by atoms with van der Waals surface area (Å²) in [6.07, 6.45) is -3.09. The van der Waals surface area contributed by atoms with E-state index in [9.17, 15) is 43.0 Å². The van der Waals surface area contributed by atoms with Gasteiger partial charge in [-0.3, -0.25) is 25.0 Å². The number of ether oxygens (including phenoxy) is 1. The molecule has 2 aromatic rings. The minimum absolute atomic E-state index is 0.124. The predicted octanol–water partition coefficient (Wildman–Crippen LogP) is 3.89. The molecule has 0 spiro atoms. The van der Waals surface area contributed by atoms with E-state index in [0.717, 1.165) is 18.9 Å². The summed E-state index contributed by atoms with van der Waals surface area (Å²) < 4.78 is 43.0. The molecule has 1 fully saturated rings. The van der Waals surface area contributed by atoms with Crippen LogP contribution in [-0.4, -0.2) is 34.4 Å². The molecule has 0 heterocycles. The molecule has 0 saturated heterocycles. The summed E-state index contributed by atoms with van der Waals surface area (Å²) in [5, 5.41) is 27.3. The van der Waals surface area contributed by atoms with Gasteiger partial charge < -0.3 is 15.4 Å². The molecule has 0 bridgehead atoms. The lowest BCUT2D eigenvalue weighted by atomic mass is 10.1. The van der Waals surface area contributed by atoms with Crippen LogP contribution in [0, 0.1) is 20.2 Å². The van der Waals surface area contributed by atoms with Crippen LogP contribution >= 0.6 is 0 Å². The molecule has 1 amide bonds. The Morgan fingerprint density at radius 2 is 1.61 bits per heavy atom. The molecule has 11 nitrogen and oxygen atoms in total. The number of halogens is 3. The zero-order chi connectivity index (χ0) is 24.3. The number of carbonyl (C=O) groups is 2. The van der Waals surface area contributed by atoms with Gasteiger partial charge in [-0.2, -0.15) is 13.2 Å². The number of anilines is 2. The van der Waals surface area contributed by atoms with Gasteiger partial charge in [0.05, 0.1) is 21.0 Å². The first-order valence-electron chi connectivity index (χ1n) is 9.33. The van der Waals surface area contributed by atoms with Crippen molar-refractivity contribution in [3.63, 3.8) is 0 Å². The summed E-state index contributed by atoms with van der Waals surface area (Å²) in [5.74, 6) is -2.14. The molecule has 14 heteroatoms. The van der Waals surface area contributed by atoms with Gasteiger partial charge in [-0.1, -0.05) is 0 Å². The third-order valence-corrected chi connectivity index (χ3v) is 4.50. The van der Waals surface area contributed by atoms with Crippen molar-refractivity contribution in [1.82, 2.24) is 0 Å². The maximum absolute atomic E-state index is 12.8. The summed E-state index contributed by atoms with van der Waals surface area (Å²) in [5.41, 5.74) is -3.15. The van der Waals surface area contributed by atoms with Gasteiger partial charge in [0.25, 0.3) is 17.3 Å². The van der Waals surface area contributed by atoms with Crippen LogP contribution in [0.2, 0.25) is 0 Å². The number of hydrogen-bond acceptors (Lipinski definition) is 8. The Morgan fingerprint density at radius 3 is 2.18 bits per heavy atom. The van der Waals surface area contributed by atoms with E-state index in [1.165, 1.54) is 12.1 Å². The van der Waals surface area contributed by atoms with Crippen LogP contribution in [-0.2, 0) is 15.7 Å². The van der Waals surface area contributed by atoms with Crippen molar-refractivity contribution in [3.05, 3.63) is 67.8 Å². The number of nitrogens with zero attached hydrogens (tertiary/aromatic N) is 2. The van der Waals surface area contributed by atoms with Crippen LogP contribution in [0.1, 0.15) is 28.8 Å². The summed E-state index contributed by atoms with van der Waals surface area (Å²) in [4.78, 5) is 44.7. The molecule has 0 atom stereocenters. The van der Waals surface area contributed by atoms with E-state index in [2.05, 4.69) is 5.32 Å². The molecule has 174 valence electrons. The highest BCUT2D eigenvalue weighted by Crippen LogP contribution is 2.35. The average Bonchev–Trinajstić information content (AvgIpc) is 3.55. The van der Waals surface area contributed by atoms with Crippen molar-refractivity contribution in [2.24, 2.45) is 0 Å². The van der Waals surface area contributed by atoms with E-state index < -0.39 is 51.4 Å². The zero-order valence-electron chi connectivity index (χ0n) is 16.5. The highest BCUT2D eigenvalue weighted by Gasteiger charge is 2.33. The maximum atomic E-state index is 12.8. The first kappa shape index (κ1) is 23.4. The van der Waals surface area contributed by atoms with Crippen LogP contribution in [0.25, 0.3) is 0 Å². The number of alkyl halides is 3. The lowest BCUT2D eigenvalue weighted by Gasteiger charge is -2.10. The number of carbonyl (C=O) groups excluding carboxylic acids is 2. The summed E-state index contributed by atoms with van der Waals surface area (Å²) in [7, 11) is 0. The van der Waals surface area contributed by atoms with Crippen molar-refractivity contribution in [2.45, 2.75) is 25.1 Å². The predicted molar refractivity (Wildman–Crippen MR) is 107 cm³/mol. The third-order valence-electron chi connectivity index (χ3n) is 4.50. The van der Waals surface area contributed by atoms with Crippen molar-refractivity contribution in [2.75, 3.05) is 17.2 Å². The van der Waals surface area contributed by atoms with E-state index in [1.807, 2.05) is 5.32 Å². The van der Waals surface area contributed by atoms with E-state index in [4.69, 9.17) is 4.74 Å². The second-order valence-electron chi connectivity index (χ2n) is 7.02. The quantitative estimate of drug-likeness (QED) is 0.336. The summed E-state index contributed by atoms with van der Waals surface area (Å²) in [6.45, 7) is -0.938. The minimum Gasteiger partial charge on any atom is -0.452 e. The van der Waals surface area contributed by atoms with Crippen LogP contribution in [0.15, 0.2) is 36.4 Å². The number of hydrogen-bond donors (Lipinski definition) is 2. The largest absolute Gasteiger partial charge is 0.452 e. The fraction of sp³-hybridized carbons (Fsp3) is 0.263. The zero-order valence-corrected chi connectivity index (χ0v) is 16.5. The molecule has 0 aliphatic heterocycles. The molecule has 1 aliphatic rings. The fourth-order valence-electron chi connectivity index (χ4n) is 2.74. The Morgan fingerprint density at radius 1 is 1.00 bits per heavy atom. The number of nitrogens with one attached hydrogen (secondary N) is 2. The highest BCUT2D eigenvalue weighted by atomic mass is 19.4. The molecule has 0 unspecified atom stereocenters. The molecule has 1 aliphatic carbocycles. The molecule has 0 aromatic heterocycles. The standard InChI is InChI=1S/C19H15F3N4O7/c20-19(21,22)11-2-6-14(16(8-11)26(31)32)24-17(27)9-33-18(28)10-1-5-13(23-12-3-4-12)15(7-10)25(29)30/h1-2,5-8,12,23H,3-4,9H2,(H,24,27). The molecular weight excluding hydrogens is 453 g/mol. The van der Waals surface area contributed by atoms with Crippen molar-refractivity contribution in [1.29, 1.82) is 0 Å². The van der Waals surface area contributed by atoms with E-state index in [0.29, 0.717) is 12.1 Å². The van der Waals surface area contributed by atoms with Crippen molar-refractivity contribution in [3.8, 4) is 0 Å². The number of rotatable bonds is 8. The topological polar surface area (TPSA) is 154 Å². The lowest BCUT2D eigenvalue weighted by molar-refractivity contribution is -0.384. The number of benzene rings is 2. The molecule has 0 radical (unpaired) electrons. The van der Waals surface area contributed by atoms with Gasteiger partial charge in [0.1, 0.15) is 11.4 Å². The van der Waals surface area contributed by atoms with Crippen LogP contribution in [0.3, 0.4) is 0 Å². The first-order valence-corrected chi connectivity index (χ1v) is 9.33. The van der Waals surface area contributed by atoms with Gasteiger partial charge in [-0.05, 0) is 37.1 Å². The van der Waals surface area contributed by atoms with Gasteiger partial charge in [0, 0.05) is 18.2 Å². The van der Waals surface area contributed by atoms with Gasteiger partial charge >= 0.3 is 12.1 Å². The normalized spacial score (nSPS) is 13.2. The molecular formula is C19H15F3N4O7. The van der Waals surface area contributed by atoms with Crippen LogP contribution in [0.4, 0.5) is 35.9 Å². The minimum atomic E-state index is -4.82. The number of nitro benzene ring substituents is 2. The van der Waals surface area contributed by atoms with E-state index in [-0.39, 0.29) is 29.0 Å². The second-order valence-corrected chi connectivity index (χ2v) is 7.02.